The Morgan fingerprint density at radius 2 is 0.600 bits per heavy atom. The van der Waals surface area contributed by atoms with E-state index in [4.69, 9.17) is 20.4 Å². The van der Waals surface area contributed by atoms with E-state index in [9.17, 15) is 0 Å². The Hall–Kier alpha value is -0.281. The van der Waals surface area contributed by atoms with Crippen LogP contribution < -0.4 is 21.3 Å². The third-order valence-corrected chi connectivity index (χ3v) is 11.2. The Morgan fingerprint density at radius 3 is 0.783 bits per heavy atom. The van der Waals surface area contributed by atoms with Crippen LogP contribution >= 0.6 is 0 Å². The van der Waals surface area contributed by atoms with Crippen LogP contribution in [0.4, 0.5) is 0 Å². The normalized spacial score (nSPS) is 31.6. The van der Waals surface area contributed by atoms with E-state index in [0.29, 0.717) is 43.2 Å². The van der Waals surface area contributed by atoms with E-state index < -0.39 is 12.6 Å². The van der Waals surface area contributed by atoms with E-state index in [1.807, 2.05) is 18.4 Å². The van der Waals surface area contributed by atoms with Gasteiger partial charge in [0.1, 0.15) is 0 Å². The summed E-state index contributed by atoms with van der Waals surface area (Å²) in [4.78, 5) is 0. The van der Waals surface area contributed by atoms with Crippen molar-refractivity contribution < 1.29 is 54.6 Å². The summed E-state index contributed by atoms with van der Waals surface area (Å²) in [5.41, 5.74) is 0. The van der Waals surface area contributed by atoms with Crippen LogP contribution in [0.25, 0.3) is 42.5 Å². The summed E-state index contributed by atoms with van der Waals surface area (Å²) in [6.45, 7) is 7.28. The summed E-state index contributed by atoms with van der Waals surface area (Å²) in [7, 11) is 0. The molecule has 16 nitrogen and oxygen atoms in total. The van der Waals surface area contributed by atoms with Gasteiger partial charge in [-0.2, -0.15) is 6.20 Å². The van der Waals surface area contributed by atoms with Crippen molar-refractivity contribution in [3.05, 3.63) is 67.0 Å². The van der Waals surface area contributed by atoms with E-state index >= 15 is 0 Å². The van der Waals surface area contributed by atoms with Gasteiger partial charge in [0, 0.05) is 0 Å². The molecule has 8 N–H and O–H groups in total. The monoisotopic (exact) mass is 940 g/mol. The van der Waals surface area contributed by atoms with Gasteiger partial charge in [-0.25, -0.2) is 0 Å². The first kappa shape index (κ1) is 55.8. The Labute approximate surface area is 383 Å². The topological polar surface area (TPSA) is 242 Å². The molecule has 0 saturated carbocycles. The Balaban J connectivity index is 0.000000261. The molecule has 8 rings (SSSR count). The van der Waals surface area contributed by atoms with Gasteiger partial charge in [0.15, 0.2) is 0 Å². The van der Waals surface area contributed by atoms with Gasteiger partial charge in [-0.1, -0.05) is 196 Å². The van der Waals surface area contributed by atoms with E-state index in [1.165, 1.54) is 128 Å². The third-order valence-electron chi connectivity index (χ3n) is 11.2. The summed E-state index contributed by atoms with van der Waals surface area (Å²) in [5.74, 6) is 0. The largest absolute Gasteiger partial charge is 1.00 e. The number of rotatable bonds is 9. The molecule has 0 radical (unpaired) electrons. The molecular formula is C42H78Cu2N12O4-6. The van der Waals surface area contributed by atoms with Gasteiger partial charge in [0.2, 0.25) is 12.6 Å². The molecule has 8 aliphatic heterocycles. The second-order valence-electron chi connectivity index (χ2n) is 16.2. The number of hydrogen-bond acceptors (Lipinski definition) is 8. The minimum absolute atomic E-state index is 0. The SMILES string of the molecule is C1=C[N-]C(NC2CCCC[N-]2)C=C1.C1CCC(NC2CCCC[N-]2)[N-]C1.C1CCC(NC2CCCC[N-]2)[N-]C1.C1CCC(NC2CCCC[N-]2)[N-]C1.OC(O)C(O)O.[Cu+].[Cu+]. The number of allylic oxidation sites excluding steroid dienone is 2. The fraction of sp³-hybridized carbons (Fsp3) is 0.905. The van der Waals surface area contributed by atoms with Crippen molar-refractivity contribution in [3.63, 3.8) is 0 Å². The zero-order valence-electron chi connectivity index (χ0n) is 35.9. The minimum Gasteiger partial charge on any atom is -0.673 e. The molecule has 8 aliphatic rings. The van der Waals surface area contributed by atoms with E-state index in [-0.39, 0.29) is 40.3 Å². The molecule has 0 aromatic carbocycles. The molecule has 7 saturated heterocycles. The number of nitrogens with zero attached hydrogens (tertiary/aromatic N) is 8. The van der Waals surface area contributed by atoms with E-state index in [1.54, 1.807) is 0 Å². The fourth-order valence-corrected chi connectivity index (χ4v) is 7.84. The molecule has 0 spiro atoms. The smallest absolute Gasteiger partial charge is 0.673 e. The molecule has 8 heterocycles. The van der Waals surface area contributed by atoms with Gasteiger partial charge in [-0.15, -0.1) is 45.8 Å². The summed E-state index contributed by atoms with van der Waals surface area (Å²) in [6, 6.07) is 0. The maximum Gasteiger partial charge on any atom is 1.00 e. The van der Waals surface area contributed by atoms with Crippen LogP contribution in [0, 0.1) is 0 Å². The summed E-state index contributed by atoms with van der Waals surface area (Å²) < 4.78 is 0. The summed E-state index contributed by atoms with van der Waals surface area (Å²) in [6.07, 6.45) is 33.3. The van der Waals surface area contributed by atoms with Crippen molar-refractivity contribution in [1.82, 2.24) is 21.3 Å². The standard InChI is InChI=1S/3C10H19N3.C10H15N3.C2H6O4.2Cu/c4*1-3-7-11-9(5-1)13-10-6-2-4-8-12-10;3-1(4)2(5)6;;/h3*9-10,13H,1-8H2;1,3,5,7,9-10,13H,2,4,6,8H2;1-6H;;/q4*-2;;2*+1. The second kappa shape index (κ2) is 36.0. The molecule has 0 bridgehead atoms. The van der Waals surface area contributed by atoms with Crippen molar-refractivity contribution >= 4 is 0 Å². The second-order valence-corrected chi connectivity index (χ2v) is 16.2. The van der Waals surface area contributed by atoms with Crippen molar-refractivity contribution in [1.29, 1.82) is 0 Å². The molecule has 358 valence electrons. The quantitative estimate of drug-likeness (QED) is 0.0894. The first-order valence-corrected chi connectivity index (χ1v) is 22.9. The number of aliphatic hydroxyl groups is 4. The molecule has 7 fully saturated rings. The zero-order chi connectivity index (χ0) is 40.9. The zero-order valence-corrected chi connectivity index (χ0v) is 37.7. The van der Waals surface area contributed by atoms with Crippen molar-refractivity contribution in [3.8, 4) is 0 Å². The van der Waals surface area contributed by atoms with E-state index in [2.05, 4.69) is 69.9 Å². The molecule has 60 heavy (non-hydrogen) atoms. The van der Waals surface area contributed by atoms with Gasteiger partial charge < -0.3 is 84.2 Å². The number of nitrogens with one attached hydrogen (secondary N) is 4. The molecule has 0 amide bonds. The van der Waals surface area contributed by atoms with Crippen LogP contribution in [0.5, 0.6) is 0 Å². The molecule has 8 atom stereocenters. The maximum absolute atomic E-state index is 7.69. The van der Waals surface area contributed by atoms with Gasteiger partial charge in [0.05, 0.1) is 0 Å². The number of aliphatic hydroxyl groups excluding tert-OH is 2. The minimum atomic E-state index is -2.04. The third kappa shape index (κ3) is 26.5. The molecule has 0 aliphatic carbocycles. The summed E-state index contributed by atoms with van der Waals surface area (Å²) >= 11 is 0. The van der Waals surface area contributed by atoms with Crippen LogP contribution in [-0.2, 0) is 34.1 Å². The van der Waals surface area contributed by atoms with Crippen molar-refractivity contribution in [2.24, 2.45) is 0 Å². The number of hydrogen-bond donors (Lipinski definition) is 8. The Kier molecular flexibility index (Phi) is 33.5. The molecule has 0 aromatic rings. The van der Waals surface area contributed by atoms with Crippen molar-refractivity contribution in [2.75, 3.05) is 45.8 Å². The first-order chi connectivity index (χ1) is 28.4. The van der Waals surface area contributed by atoms with Crippen molar-refractivity contribution in [2.45, 2.75) is 197 Å². The molecule has 0 aromatic heterocycles. The van der Waals surface area contributed by atoms with Gasteiger partial charge in [0.25, 0.3) is 0 Å². The Bertz CT molecular complexity index is 898. The van der Waals surface area contributed by atoms with Crippen LogP contribution in [0.15, 0.2) is 24.4 Å². The van der Waals surface area contributed by atoms with Crippen LogP contribution in [0.1, 0.15) is 135 Å². The molecule has 8 unspecified atom stereocenters. The van der Waals surface area contributed by atoms with E-state index in [0.717, 1.165) is 52.2 Å². The predicted octanol–water partition coefficient (Wildman–Crippen LogP) is 6.88. The Morgan fingerprint density at radius 1 is 0.350 bits per heavy atom. The number of piperidine rings is 7. The van der Waals surface area contributed by atoms with Gasteiger partial charge >= 0.3 is 34.1 Å². The maximum atomic E-state index is 7.69. The molecular weight excluding hydrogens is 864 g/mol. The molecule has 18 heteroatoms. The van der Waals surface area contributed by atoms with Crippen LogP contribution in [0.3, 0.4) is 0 Å². The van der Waals surface area contributed by atoms with Gasteiger partial charge in [-0.05, 0) is 6.17 Å². The summed E-state index contributed by atoms with van der Waals surface area (Å²) in [5, 5.41) is 80.8. The van der Waals surface area contributed by atoms with Gasteiger partial charge in [-0.3, -0.25) is 0 Å². The fourth-order valence-electron chi connectivity index (χ4n) is 7.84. The average Bonchev–Trinajstić information content (AvgIpc) is 3.27. The predicted molar refractivity (Wildman–Crippen MR) is 235 cm³/mol. The van der Waals surface area contributed by atoms with Crippen LogP contribution in [-0.4, -0.2) is 128 Å². The van der Waals surface area contributed by atoms with Crippen LogP contribution in [0.2, 0.25) is 0 Å². The average molecular weight is 942 g/mol. The first-order valence-electron chi connectivity index (χ1n) is 22.9.